The Kier molecular flexibility index (Phi) is 9.70. The number of benzene rings is 2. The lowest BCUT2D eigenvalue weighted by Crippen LogP contribution is -2.54. The van der Waals surface area contributed by atoms with E-state index in [-0.39, 0.29) is 30.2 Å². The largest absolute Gasteiger partial charge is 0.494 e. The normalized spacial score (nSPS) is 14.5. The van der Waals surface area contributed by atoms with Gasteiger partial charge in [-0.25, -0.2) is 14.5 Å². The van der Waals surface area contributed by atoms with E-state index in [0.717, 1.165) is 4.90 Å². The van der Waals surface area contributed by atoms with Gasteiger partial charge in [-0.05, 0) is 88.5 Å². The van der Waals surface area contributed by atoms with Crippen LogP contribution in [0.3, 0.4) is 0 Å². The van der Waals surface area contributed by atoms with Gasteiger partial charge in [-0.15, -0.1) is 0 Å². The van der Waals surface area contributed by atoms with Crippen LogP contribution in [0.2, 0.25) is 0 Å². The fourth-order valence-corrected chi connectivity index (χ4v) is 4.83. The molecule has 0 aliphatic carbocycles. The molecule has 1 fully saturated rings. The number of rotatable bonds is 10. The van der Waals surface area contributed by atoms with E-state index in [9.17, 15) is 19.2 Å². The highest BCUT2D eigenvalue weighted by molar-refractivity contribution is 9.11. The molecule has 37 heavy (non-hydrogen) atoms. The number of barbiturate groups is 1. The first-order chi connectivity index (χ1) is 17.7. The molecular formula is C25H24Br2N2O8. The van der Waals surface area contributed by atoms with E-state index in [1.807, 2.05) is 0 Å². The first-order valence-electron chi connectivity index (χ1n) is 11.3. The monoisotopic (exact) mass is 638 g/mol. The van der Waals surface area contributed by atoms with Gasteiger partial charge in [0.1, 0.15) is 22.8 Å². The highest BCUT2D eigenvalue weighted by Gasteiger charge is 2.38. The van der Waals surface area contributed by atoms with Gasteiger partial charge in [0.2, 0.25) is 0 Å². The molecule has 1 saturated heterocycles. The first-order valence-corrected chi connectivity index (χ1v) is 12.9. The van der Waals surface area contributed by atoms with Crippen molar-refractivity contribution in [2.24, 2.45) is 0 Å². The molecule has 12 heteroatoms. The van der Waals surface area contributed by atoms with E-state index in [4.69, 9.17) is 18.9 Å². The van der Waals surface area contributed by atoms with Crippen LogP contribution >= 0.6 is 31.9 Å². The molecule has 2 aromatic rings. The number of urea groups is 1. The standard InChI is InChI=1S/C25H24Br2N2O8/c1-4-34-15-7-8-20(35-5-2)19(12-15)29-24(32)16(23(31)28-25(29)33)9-14-10-17(26)22(18(27)11-14)37-13-21(30)36-6-3/h7-12H,4-6,13H2,1-3H3,(H,28,31,33)/b16-9+. The summed E-state index contributed by atoms with van der Waals surface area (Å²) in [6.45, 7) is 5.86. The average Bonchev–Trinajstić information content (AvgIpc) is 2.83. The number of halogens is 2. The molecule has 2 aromatic carbocycles. The maximum atomic E-state index is 13.4. The Morgan fingerprint density at radius 2 is 1.62 bits per heavy atom. The Labute approximate surface area is 230 Å². The molecule has 0 unspecified atom stereocenters. The highest BCUT2D eigenvalue weighted by Crippen LogP contribution is 2.37. The number of nitrogens with zero attached hydrogens (tertiary/aromatic N) is 1. The molecule has 10 nitrogen and oxygen atoms in total. The number of esters is 1. The summed E-state index contributed by atoms with van der Waals surface area (Å²) in [6.07, 6.45) is 1.34. The third-order valence-electron chi connectivity index (χ3n) is 4.86. The minimum Gasteiger partial charge on any atom is -0.494 e. The predicted molar refractivity (Wildman–Crippen MR) is 142 cm³/mol. The van der Waals surface area contributed by atoms with E-state index in [1.54, 1.807) is 45.0 Å². The van der Waals surface area contributed by atoms with Crippen LogP contribution in [0.1, 0.15) is 26.3 Å². The summed E-state index contributed by atoms with van der Waals surface area (Å²) in [6, 6.07) is 7.04. The second-order valence-corrected chi connectivity index (χ2v) is 9.07. The Hall–Kier alpha value is -3.38. The van der Waals surface area contributed by atoms with Crippen LogP contribution in [0.4, 0.5) is 10.5 Å². The number of nitrogens with one attached hydrogen (secondary N) is 1. The second kappa shape index (κ2) is 12.7. The number of carbonyl (C=O) groups is 4. The Morgan fingerprint density at radius 1 is 0.946 bits per heavy atom. The lowest BCUT2D eigenvalue weighted by atomic mass is 10.1. The van der Waals surface area contributed by atoms with Crippen molar-refractivity contribution < 1.29 is 38.1 Å². The van der Waals surface area contributed by atoms with Crippen LogP contribution in [-0.2, 0) is 19.1 Å². The van der Waals surface area contributed by atoms with Gasteiger partial charge < -0.3 is 18.9 Å². The van der Waals surface area contributed by atoms with Gasteiger partial charge in [-0.3, -0.25) is 14.9 Å². The van der Waals surface area contributed by atoms with Crippen LogP contribution in [-0.4, -0.2) is 50.2 Å². The van der Waals surface area contributed by atoms with Gasteiger partial charge in [-0.2, -0.15) is 0 Å². The van der Waals surface area contributed by atoms with E-state index < -0.39 is 23.8 Å². The fourth-order valence-electron chi connectivity index (χ4n) is 3.38. The second-order valence-electron chi connectivity index (χ2n) is 7.36. The molecule has 1 aliphatic rings. The molecule has 0 saturated carbocycles. The van der Waals surface area contributed by atoms with E-state index in [1.165, 1.54) is 12.1 Å². The molecular weight excluding hydrogens is 616 g/mol. The lowest BCUT2D eigenvalue weighted by Gasteiger charge is -2.28. The number of amides is 4. The number of hydrogen-bond donors (Lipinski definition) is 1. The molecule has 1 N–H and O–H groups in total. The highest BCUT2D eigenvalue weighted by atomic mass is 79.9. The first kappa shape index (κ1) is 28.2. The van der Waals surface area contributed by atoms with Crippen molar-refractivity contribution >= 4 is 67.4 Å². The van der Waals surface area contributed by atoms with Gasteiger partial charge in [-0.1, -0.05) is 0 Å². The molecule has 1 aliphatic heterocycles. The number of anilines is 1. The van der Waals surface area contributed by atoms with Crippen molar-refractivity contribution in [1.82, 2.24) is 5.32 Å². The zero-order valence-corrected chi connectivity index (χ0v) is 23.4. The molecule has 0 atom stereocenters. The van der Waals surface area contributed by atoms with Crippen molar-refractivity contribution in [2.75, 3.05) is 31.3 Å². The van der Waals surface area contributed by atoms with Gasteiger partial charge in [0.15, 0.2) is 6.61 Å². The smallest absolute Gasteiger partial charge is 0.344 e. The van der Waals surface area contributed by atoms with Crippen LogP contribution in [0, 0.1) is 0 Å². The summed E-state index contributed by atoms with van der Waals surface area (Å²) < 4.78 is 22.4. The maximum absolute atomic E-state index is 13.4. The van der Waals surface area contributed by atoms with E-state index in [2.05, 4.69) is 37.2 Å². The molecule has 0 bridgehead atoms. The van der Waals surface area contributed by atoms with E-state index >= 15 is 0 Å². The molecule has 0 spiro atoms. The van der Waals surface area contributed by atoms with Crippen molar-refractivity contribution in [3.05, 3.63) is 50.4 Å². The summed E-state index contributed by atoms with van der Waals surface area (Å²) in [5.41, 5.74) is 0.310. The molecule has 3 rings (SSSR count). The zero-order valence-electron chi connectivity index (χ0n) is 20.3. The van der Waals surface area contributed by atoms with E-state index in [0.29, 0.717) is 39.2 Å². The SMILES string of the molecule is CCOC(=O)COc1c(Br)cc(/C=C2\C(=O)NC(=O)N(c3cc(OCC)ccc3OCC)C2=O)cc1Br. The predicted octanol–water partition coefficient (Wildman–Crippen LogP) is 4.62. The van der Waals surface area contributed by atoms with Crippen molar-refractivity contribution in [1.29, 1.82) is 0 Å². The van der Waals surface area contributed by atoms with Gasteiger partial charge in [0.05, 0.1) is 34.5 Å². The third-order valence-corrected chi connectivity index (χ3v) is 6.03. The summed E-state index contributed by atoms with van der Waals surface area (Å²) in [7, 11) is 0. The lowest BCUT2D eigenvalue weighted by molar-refractivity contribution is -0.145. The van der Waals surface area contributed by atoms with Gasteiger partial charge >= 0.3 is 12.0 Å². The number of imide groups is 2. The average molecular weight is 640 g/mol. The summed E-state index contributed by atoms with van der Waals surface area (Å²) in [5, 5.41) is 2.20. The summed E-state index contributed by atoms with van der Waals surface area (Å²) in [4.78, 5) is 51.3. The van der Waals surface area contributed by atoms with Crippen LogP contribution in [0.15, 0.2) is 44.9 Å². The Bertz CT molecular complexity index is 1240. The minimum atomic E-state index is -0.910. The Morgan fingerprint density at radius 3 is 2.24 bits per heavy atom. The minimum absolute atomic E-state index is 0.138. The van der Waals surface area contributed by atoms with Crippen LogP contribution in [0.5, 0.6) is 17.2 Å². The third kappa shape index (κ3) is 6.69. The van der Waals surface area contributed by atoms with Crippen molar-refractivity contribution in [3.8, 4) is 17.2 Å². The fraction of sp³-hybridized carbons (Fsp3) is 0.280. The van der Waals surface area contributed by atoms with Crippen molar-refractivity contribution in [2.45, 2.75) is 20.8 Å². The topological polar surface area (TPSA) is 120 Å². The van der Waals surface area contributed by atoms with Gasteiger partial charge in [0, 0.05) is 6.07 Å². The zero-order chi connectivity index (χ0) is 27.1. The van der Waals surface area contributed by atoms with Crippen LogP contribution in [0.25, 0.3) is 6.08 Å². The quantitative estimate of drug-likeness (QED) is 0.227. The Balaban J connectivity index is 1.97. The number of hydrogen-bond acceptors (Lipinski definition) is 8. The summed E-state index contributed by atoms with van der Waals surface area (Å²) >= 11 is 6.75. The molecule has 1 heterocycles. The summed E-state index contributed by atoms with van der Waals surface area (Å²) in [5.74, 6) is -1.17. The number of ether oxygens (including phenoxy) is 4. The molecule has 0 radical (unpaired) electrons. The molecule has 0 aromatic heterocycles. The maximum Gasteiger partial charge on any atom is 0.344 e. The molecule has 4 amide bonds. The van der Waals surface area contributed by atoms with Crippen molar-refractivity contribution in [3.63, 3.8) is 0 Å². The van der Waals surface area contributed by atoms with Crippen LogP contribution < -0.4 is 24.4 Å². The van der Waals surface area contributed by atoms with Gasteiger partial charge in [0.25, 0.3) is 11.8 Å². The number of carbonyl (C=O) groups excluding carboxylic acids is 4. The molecule has 196 valence electrons.